The van der Waals surface area contributed by atoms with Crippen LogP contribution in [0, 0.1) is 12.3 Å². The molecule has 1 rings (SSSR count). The maximum absolute atomic E-state index is 12.2. The maximum atomic E-state index is 12.2. The quantitative estimate of drug-likeness (QED) is 0.455. The lowest BCUT2D eigenvalue weighted by molar-refractivity contribution is -0.142. The molecule has 0 fully saturated rings. The van der Waals surface area contributed by atoms with Gasteiger partial charge in [0.2, 0.25) is 5.78 Å². The molecule has 1 heterocycles. The van der Waals surface area contributed by atoms with Gasteiger partial charge in [0.15, 0.2) is 5.54 Å². The highest BCUT2D eigenvalue weighted by Gasteiger charge is 2.44. The van der Waals surface area contributed by atoms with Crippen molar-refractivity contribution in [3.05, 3.63) is 22.4 Å². The van der Waals surface area contributed by atoms with Crippen LogP contribution in [0.4, 0.5) is 0 Å². The van der Waals surface area contributed by atoms with Crippen LogP contribution < -0.4 is 5.32 Å². The fourth-order valence-corrected chi connectivity index (χ4v) is 2.28. The van der Waals surface area contributed by atoms with Gasteiger partial charge < -0.3 is 5.11 Å². The van der Waals surface area contributed by atoms with Crippen LogP contribution in [-0.4, -0.2) is 29.4 Å². The number of hydrogen-bond donors (Lipinski definition) is 2. The van der Waals surface area contributed by atoms with Crippen LogP contribution in [0.3, 0.4) is 0 Å². The molecule has 1 unspecified atom stereocenters. The van der Waals surface area contributed by atoms with Gasteiger partial charge in [-0.25, -0.2) is 4.79 Å². The Morgan fingerprint density at radius 2 is 2.35 bits per heavy atom. The number of likely N-dealkylation sites (N-methyl/N-ethyl adjacent to an activating group) is 1. The van der Waals surface area contributed by atoms with Crippen LogP contribution >= 0.6 is 11.3 Å². The first-order chi connectivity index (χ1) is 8.08. The highest BCUT2D eigenvalue weighted by Crippen LogP contribution is 2.22. The van der Waals surface area contributed by atoms with Gasteiger partial charge in [-0.3, -0.25) is 10.1 Å². The first-order valence-corrected chi connectivity index (χ1v) is 5.90. The van der Waals surface area contributed by atoms with Crippen molar-refractivity contribution < 1.29 is 14.7 Å². The number of thiophene rings is 1. The van der Waals surface area contributed by atoms with E-state index in [1.54, 1.807) is 17.5 Å². The van der Waals surface area contributed by atoms with Crippen molar-refractivity contribution in [2.45, 2.75) is 18.4 Å². The lowest BCUT2D eigenvalue weighted by atomic mass is 9.88. The first-order valence-electron chi connectivity index (χ1n) is 5.02. The van der Waals surface area contributed by atoms with Crippen LogP contribution in [0.5, 0.6) is 0 Å². The minimum atomic E-state index is -1.63. The van der Waals surface area contributed by atoms with E-state index in [1.165, 1.54) is 18.4 Å². The fourth-order valence-electron chi connectivity index (χ4n) is 1.54. The summed E-state index contributed by atoms with van der Waals surface area (Å²) in [7, 11) is 1.45. The number of terminal acetylenes is 1. The number of carboxylic acid groups (broad SMARTS) is 1. The molecule has 0 amide bonds. The molecule has 90 valence electrons. The predicted octanol–water partition coefficient (Wildman–Crippen LogP) is 1.39. The third-order valence-corrected chi connectivity index (χ3v) is 3.44. The summed E-state index contributed by atoms with van der Waals surface area (Å²) in [6.45, 7) is 0. The molecular formula is C12H13NO3S. The van der Waals surface area contributed by atoms with E-state index >= 15 is 0 Å². The Hall–Kier alpha value is -1.64. The van der Waals surface area contributed by atoms with E-state index in [-0.39, 0.29) is 12.8 Å². The standard InChI is InChI=1S/C12H13NO3S/c1-3-4-7-12(13-2,11(15)16)10(14)9-6-5-8-17-9/h1,5-6,8,13H,4,7H2,2H3,(H,15,16). The number of carboxylic acids is 1. The van der Waals surface area contributed by atoms with Crippen molar-refractivity contribution in [3.8, 4) is 12.3 Å². The van der Waals surface area contributed by atoms with Crippen LogP contribution in [0.1, 0.15) is 22.5 Å². The molecule has 1 aromatic rings. The number of nitrogens with one attached hydrogen (secondary N) is 1. The Morgan fingerprint density at radius 3 is 2.76 bits per heavy atom. The van der Waals surface area contributed by atoms with Crippen molar-refractivity contribution in [2.75, 3.05) is 7.05 Å². The molecule has 0 spiro atoms. The van der Waals surface area contributed by atoms with Crippen LogP contribution in [0.15, 0.2) is 17.5 Å². The second-order valence-corrected chi connectivity index (χ2v) is 4.42. The number of carbonyl (C=O) groups is 2. The van der Waals surface area contributed by atoms with Crippen molar-refractivity contribution in [1.29, 1.82) is 0 Å². The molecule has 0 saturated carbocycles. The Labute approximate surface area is 104 Å². The van der Waals surface area contributed by atoms with Gasteiger partial charge in [-0.2, -0.15) is 0 Å². The number of rotatable bonds is 6. The average molecular weight is 251 g/mol. The van der Waals surface area contributed by atoms with Gasteiger partial charge in [-0.15, -0.1) is 23.7 Å². The zero-order valence-corrected chi connectivity index (χ0v) is 10.2. The molecule has 4 nitrogen and oxygen atoms in total. The third kappa shape index (κ3) is 2.54. The molecule has 0 aliphatic carbocycles. The number of Topliss-reactive ketones (excluding diaryl/α,β-unsaturated/α-hetero) is 1. The van der Waals surface area contributed by atoms with E-state index in [4.69, 9.17) is 6.42 Å². The lowest BCUT2D eigenvalue weighted by Crippen LogP contribution is -2.56. The topological polar surface area (TPSA) is 66.4 Å². The van der Waals surface area contributed by atoms with Gasteiger partial charge in [0.05, 0.1) is 4.88 Å². The highest BCUT2D eigenvalue weighted by molar-refractivity contribution is 7.12. The molecule has 0 aliphatic heterocycles. The Bertz CT molecular complexity index is 447. The first kappa shape index (κ1) is 13.4. The van der Waals surface area contributed by atoms with Gasteiger partial charge in [-0.1, -0.05) is 6.07 Å². The SMILES string of the molecule is C#CCCC(NC)(C(=O)O)C(=O)c1cccs1. The lowest BCUT2D eigenvalue weighted by Gasteiger charge is -2.26. The Kier molecular flexibility index (Phi) is 4.44. The summed E-state index contributed by atoms with van der Waals surface area (Å²) >= 11 is 1.22. The third-order valence-electron chi connectivity index (χ3n) is 2.57. The number of carbonyl (C=O) groups excluding carboxylic acids is 1. The number of hydrogen-bond acceptors (Lipinski definition) is 4. The predicted molar refractivity (Wildman–Crippen MR) is 66.1 cm³/mol. The molecule has 0 aromatic carbocycles. The summed E-state index contributed by atoms with van der Waals surface area (Å²) in [6, 6.07) is 3.32. The molecule has 0 radical (unpaired) electrons. The van der Waals surface area contributed by atoms with E-state index < -0.39 is 17.3 Å². The Morgan fingerprint density at radius 1 is 1.65 bits per heavy atom. The number of aliphatic carboxylic acids is 1. The summed E-state index contributed by atoms with van der Waals surface area (Å²) in [5.41, 5.74) is -1.63. The van der Waals surface area contributed by atoms with Gasteiger partial charge >= 0.3 is 5.97 Å². The van der Waals surface area contributed by atoms with Gasteiger partial charge in [-0.05, 0) is 24.9 Å². The molecule has 0 saturated heterocycles. The normalized spacial score (nSPS) is 13.6. The molecular weight excluding hydrogens is 238 g/mol. The van der Waals surface area contributed by atoms with E-state index in [9.17, 15) is 14.7 Å². The molecule has 0 aliphatic rings. The second-order valence-electron chi connectivity index (χ2n) is 3.47. The van der Waals surface area contributed by atoms with Crippen molar-refractivity contribution in [1.82, 2.24) is 5.32 Å². The van der Waals surface area contributed by atoms with Crippen LogP contribution in [0.2, 0.25) is 0 Å². The minimum absolute atomic E-state index is 0.0755. The molecule has 0 bridgehead atoms. The summed E-state index contributed by atoms with van der Waals surface area (Å²) in [4.78, 5) is 24.0. The maximum Gasteiger partial charge on any atom is 0.332 e. The largest absolute Gasteiger partial charge is 0.480 e. The van der Waals surface area contributed by atoms with Crippen LogP contribution in [0.25, 0.3) is 0 Å². The molecule has 17 heavy (non-hydrogen) atoms. The zero-order chi connectivity index (χ0) is 12.9. The van der Waals surface area contributed by atoms with E-state index in [1.807, 2.05) is 0 Å². The molecule has 2 N–H and O–H groups in total. The molecule has 1 atom stereocenters. The van der Waals surface area contributed by atoms with E-state index in [2.05, 4.69) is 11.2 Å². The van der Waals surface area contributed by atoms with Crippen molar-refractivity contribution in [2.24, 2.45) is 0 Å². The van der Waals surface area contributed by atoms with Crippen molar-refractivity contribution >= 4 is 23.1 Å². The van der Waals surface area contributed by atoms with E-state index in [0.29, 0.717) is 4.88 Å². The molecule has 1 aromatic heterocycles. The van der Waals surface area contributed by atoms with Crippen molar-refractivity contribution in [3.63, 3.8) is 0 Å². The van der Waals surface area contributed by atoms with Gasteiger partial charge in [0.25, 0.3) is 0 Å². The van der Waals surface area contributed by atoms with Gasteiger partial charge in [0.1, 0.15) is 0 Å². The van der Waals surface area contributed by atoms with Crippen LogP contribution in [-0.2, 0) is 4.79 Å². The van der Waals surface area contributed by atoms with E-state index in [0.717, 1.165) is 0 Å². The fraction of sp³-hybridized carbons (Fsp3) is 0.333. The summed E-state index contributed by atoms with van der Waals surface area (Å²) in [5, 5.41) is 13.6. The summed E-state index contributed by atoms with van der Waals surface area (Å²) in [5.74, 6) is 0.713. The summed E-state index contributed by atoms with van der Waals surface area (Å²) in [6.07, 6.45) is 5.43. The zero-order valence-electron chi connectivity index (χ0n) is 9.40. The molecule has 5 heteroatoms. The highest BCUT2D eigenvalue weighted by atomic mass is 32.1. The number of ketones is 1. The Balaban J connectivity index is 3.09. The summed E-state index contributed by atoms with van der Waals surface area (Å²) < 4.78 is 0. The average Bonchev–Trinajstić information content (AvgIpc) is 2.83. The minimum Gasteiger partial charge on any atom is -0.480 e. The monoisotopic (exact) mass is 251 g/mol. The van der Waals surface area contributed by atoms with Gasteiger partial charge in [0, 0.05) is 6.42 Å². The smallest absolute Gasteiger partial charge is 0.332 e. The second kappa shape index (κ2) is 5.62.